The number of esters is 1. The summed E-state index contributed by atoms with van der Waals surface area (Å²) in [6, 6.07) is 6.28. The predicted octanol–water partition coefficient (Wildman–Crippen LogP) is 6.88. The molecule has 28 heavy (non-hydrogen) atoms. The fourth-order valence-electron chi connectivity index (χ4n) is 3.52. The molecule has 4 nitrogen and oxygen atoms in total. The molecule has 2 unspecified atom stereocenters. The van der Waals surface area contributed by atoms with Gasteiger partial charge in [-0.3, -0.25) is 0 Å². The number of carbonyl (C=O) groups excluding carboxylic acids is 1. The average molecular weight is 391 g/mol. The Morgan fingerprint density at radius 2 is 1.43 bits per heavy atom. The van der Waals surface area contributed by atoms with Gasteiger partial charge in [0.1, 0.15) is 6.10 Å². The molecule has 1 aromatic carbocycles. The van der Waals surface area contributed by atoms with E-state index in [1.165, 1.54) is 44.2 Å². The van der Waals surface area contributed by atoms with E-state index in [4.69, 9.17) is 4.74 Å². The molecule has 0 heterocycles. The summed E-state index contributed by atoms with van der Waals surface area (Å²) in [4.78, 5) is 24.1. The topological polar surface area (TPSA) is 63.6 Å². The molecule has 0 radical (unpaired) electrons. The highest BCUT2D eigenvalue weighted by molar-refractivity contribution is 6.02. The number of carboxylic acid groups (broad SMARTS) is 1. The van der Waals surface area contributed by atoms with Crippen molar-refractivity contribution in [3.05, 3.63) is 35.4 Å². The summed E-state index contributed by atoms with van der Waals surface area (Å²) in [6.45, 7) is 6.52. The lowest BCUT2D eigenvalue weighted by molar-refractivity contribution is 0.0109. The van der Waals surface area contributed by atoms with Gasteiger partial charge in [0, 0.05) is 0 Å². The second kappa shape index (κ2) is 14.2. The van der Waals surface area contributed by atoms with Crippen molar-refractivity contribution in [1.29, 1.82) is 0 Å². The Bertz CT molecular complexity index is 582. The van der Waals surface area contributed by atoms with Crippen molar-refractivity contribution >= 4 is 11.9 Å². The summed E-state index contributed by atoms with van der Waals surface area (Å²) in [7, 11) is 0. The van der Waals surface area contributed by atoms with Gasteiger partial charge in [-0.15, -0.1) is 0 Å². The number of carbonyl (C=O) groups is 2. The van der Waals surface area contributed by atoms with Gasteiger partial charge in [-0.2, -0.15) is 0 Å². The fraction of sp³-hybridized carbons (Fsp3) is 0.667. The molecule has 0 spiro atoms. The second-order valence-electron chi connectivity index (χ2n) is 7.82. The van der Waals surface area contributed by atoms with Crippen LogP contribution in [-0.4, -0.2) is 23.1 Å². The van der Waals surface area contributed by atoms with E-state index in [0.717, 1.165) is 38.5 Å². The summed E-state index contributed by atoms with van der Waals surface area (Å²) < 4.78 is 5.83. The molecular weight excluding hydrogens is 352 g/mol. The van der Waals surface area contributed by atoms with Crippen molar-refractivity contribution in [1.82, 2.24) is 0 Å². The molecule has 0 fully saturated rings. The maximum Gasteiger partial charge on any atom is 0.339 e. The first kappa shape index (κ1) is 24.2. The summed E-state index contributed by atoms with van der Waals surface area (Å²) in [5.74, 6) is -1.34. The number of carboxylic acids is 1. The molecule has 0 aromatic heterocycles. The van der Waals surface area contributed by atoms with Crippen molar-refractivity contribution in [3.63, 3.8) is 0 Å². The maximum absolute atomic E-state index is 12.7. The predicted molar refractivity (Wildman–Crippen MR) is 114 cm³/mol. The monoisotopic (exact) mass is 390 g/mol. The van der Waals surface area contributed by atoms with Crippen molar-refractivity contribution < 1.29 is 19.4 Å². The number of hydrogen-bond donors (Lipinski definition) is 1. The summed E-state index contributed by atoms with van der Waals surface area (Å²) >= 11 is 0. The van der Waals surface area contributed by atoms with Crippen LogP contribution in [0.2, 0.25) is 0 Å². The number of aromatic carboxylic acids is 1. The van der Waals surface area contributed by atoms with Crippen molar-refractivity contribution in [3.8, 4) is 0 Å². The van der Waals surface area contributed by atoms with Crippen LogP contribution >= 0.6 is 0 Å². The van der Waals surface area contributed by atoms with Gasteiger partial charge in [-0.1, -0.05) is 84.3 Å². The molecule has 158 valence electrons. The highest BCUT2D eigenvalue weighted by Crippen LogP contribution is 2.23. The van der Waals surface area contributed by atoms with Crippen molar-refractivity contribution in [2.45, 2.75) is 97.5 Å². The number of unbranched alkanes of at least 4 members (excludes halogenated alkanes) is 7. The number of ether oxygens (including phenoxy) is 1. The van der Waals surface area contributed by atoms with E-state index in [1.54, 1.807) is 12.1 Å². The molecule has 0 saturated heterocycles. The number of benzene rings is 1. The normalized spacial score (nSPS) is 13.1. The standard InChI is InChI=1S/C24H38O4/c1-4-6-8-9-10-11-12-18-22(19(3)15-7-5-2)28-24(27)21-17-14-13-16-20(21)23(25)26/h13-14,16-17,19,22H,4-12,15,18H2,1-3H3,(H,25,26). The Balaban J connectivity index is 2.66. The molecule has 0 amide bonds. The Morgan fingerprint density at radius 1 is 0.857 bits per heavy atom. The van der Waals surface area contributed by atoms with E-state index in [-0.39, 0.29) is 23.1 Å². The van der Waals surface area contributed by atoms with Crippen LogP contribution in [0.1, 0.15) is 112 Å². The molecule has 2 atom stereocenters. The molecule has 0 aliphatic rings. The quantitative estimate of drug-likeness (QED) is 0.262. The third-order valence-corrected chi connectivity index (χ3v) is 5.38. The zero-order valence-corrected chi connectivity index (χ0v) is 17.9. The zero-order chi connectivity index (χ0) is 20.8. The van der Waals surface area contributed by atoms with Gasteiger partial charge >= 0.3 is 11.9 Å². The molecule has 1 N–H and O–H groups in total. The molecule has 0 aliphatic carbocycles. The Morgan fingerprint density at radius 3 is 2.04 bits per heavy atom. The van der Waals surface area contributed by atoms with Crippen LogP contribution in [0.5, 0.6) is 0 Å². The number of rotatable bonds is 15. The first-order valence-electron chi connectivity index (χ1n) is 11.0. The summed E-state index contributed by atoms with van der Waals surface area (Å²) in [5, 5.41) is 9.33. The highest BCUT2D eigenvalue weighted by Gasteiger charge is 2.24. The first-order valence-corrected chi connectivity index (χ1v) is 11.0. The molecule has 1 rings (SSSR count). The summed E-state index contributed by atoms with van der Waals surface area (Å²) in [5.41, 5.74) is 0.144. The van der Waals surface area contributed by atoms with Crippen LogP contribution in [0.25, 0.3) is 0 Å². The SMILES string of the molecule is CCCCCCCCCC(OC(=O)c1ccccc1C(=O)O)C(C)CCCC. The third kappa shape index (κ3) is 8.90. The first-order chi connectivity index (χ1) is 13.5. The Hall–Kier alpha value is -1.84. The second-order valence-corrected chi connectivity index (χ2v) is 7.82. The van der Waals surface area contributed by atoms with E-state index < -0.39 is 11.9 Å². The van der Waals surface area contributed by atoms with Gasteiger partial charge in [0.05, 0.1) is 11.1 Å². The minimum atomic E-state index is -1.10. The fourth-order valence-corrected chi connectivity index (χ4v) is 3.52. The molecular formula is C24H38O4. The number of hydrogen-bond acceptors (Lipinski definition) is 3. The van der Waals surface area contributed by atoms with E-state index in [0.29, 0.717) is 0 Å². The summed E-state index contributed by atoms with van der Waals surface area (Å²) in [6.07, 6.45) is 12.5. The van der Waals surface area contributed by atoms with Gasteiger partial charge in [0.25, 0.3) is 0 Å². The van der Waals surface area contributed by atoms with Crippen LogP contribution < -0.4 is 0 Å². The lowest BCUT2D eigenvalue weighted by Gasteiger charge is -2.24. The lowest BCUT2D eigenvalue weighted by Crippen LogP contribution is -2.26. The van der Waals surface area contributed by atoms with E-state index in [9.17, 15) is 14.7 Å². The molecule has 4 heteroatoms. The minimum absolute atomic E-state index is 0.00313. The van der Waals surface area contributed by atoms with Gasteiger partial charge in [-0.05, 0) is 37.3 Å². The lowest BCUT2D eigenvalue weighted by atomic mass is 9.93. The molecule has 0 saturated carbocycles. The van der Waals surface area contributed by atoms with E-state index in [2.05, 4.69) is 20.8 Å². The largest absolute Gasteiger partial charge is 0.478 e. The Labute approximate surface area is 170 Å². The van der Waals surface area contributed by atoms with Crippen molar-refractivity contribution in [2.24, 2.45) is 5.92 Å². The third-order valence-electron chi connectivity index (χ3n) is 5.38. The molecule has 0 bridgehead atoms. The van der Waals surface area contributed by atoms with E-state index >= 15 is 0 Å². The molecule has 1 aromatic rings. The van der Waals surface area contributed by atoms with Crippen LogP contribution in [0.4, 0.5) is 0 Å². The molecule has 0 aliphatic heterocycles. The Kier molecular flexibility index (Phi) is 12.3. The van der Waals surface area contributed by atoms with Gasteiger partial charge in [0.15, 0.2) is 0 Å². The van der Waals surface area contributed by atoms with Crippen molar-refractivity contribution in [2.75, 3.05) is 0 Å². The van der Waals surface area contributed by atoms with Crippen LogP contribution in [-0.2, 0) is 4.74 Å². The maximum atomic E-state index is 12.7. The zero-order valence-electron chi connectivity index (χ0n) is 17.9. The van der Waals surface area contributed by atoms with Crippen LogP contribution in [0.3, 0.4) is 0 Å². The smallest absolute Gasteiger partial charge is 0.339 e. The van der Waals surface area contributed by atoms with E-state index in [1.807, 2.05) is 0 Å². The van der Waals surface area contributed by atoms with Gasteiger partial charge in [-0.25, -0.2) is 9.59 Å². The van der Waals surface area contributed by atoms with Gasteiger partial charge < -0.3 is 9.84 Å². The van der Waals surface area contributed by atoms with Gasteiger partial charge in [0.2, 0.25) is 0 Å². The average Bonchev–Trinajstić information content (AvgIpc) is 2.70. The minimum Gasteiger partial charge on any atom is -0.478 e. The van der Waals surface area contributed by atoms with Crippen LogP contribution in [0, 0.1) is 5.92 Å². The highest BCUT2D eigenvalue weighted by atomic mass is 16.5. The van der Waals surface area contributed by atoms with Crippen LogP contribution in [0.15, 0.2) is 24.3 Å².